The number of piperidine rings is 1. The van der Waals surface area contributed by atoms with Gasteiger partial charge in [0.25, 0.3) is 0 Å². The van der Waals surface area contributed by atoms with Gasteiger partial charge in [-0.25, -0.2) is 0 Å². The quantitative estimate of drug-likeness (QED) is 0.890. The number of rotatable bonds is 4. The fraction of sp³-hybridized carbons (Fsp3) is 0.579. The lowest BCUT2D eigenvalue weighted by Crippen LogP contribution is -2.42. The summed E-state index contributed by atoms with van der Waals surface area (Å²) in [5, 5.41) is 12.5. The molecule has 0 aliphatic carbocycles. The molecule has 2 N–H and O–H groups in total. The van der Waals surface area contributed by atoms with Crippen LogP contribution in [0.5, 0.6) is 0 Å². The number of likely N-dealkylation sites (tertiary alicyclic amines) is 1. The predicted octanol–water partition coefficient (Wildman–Crippen LogP) is 2.59. The molecule has 1 aromatic rings. The Hall–Kier alpha value is -1.88. The van der Waals surface area contributed by atoms with Gasteiger partial charge in [0.2, 0.25) is 11.8 Å². The summed E-state index contributed by atoms with van der Waals surface area (Å²) in [5.74, 6) is 0.0342. The van der Waals surface area contributed by atoms with Gasteiger partial charge >= 0.3 is 0 Å². The van der Waals surface area contributed by atoms with Gasteiger partial charge < -0.3 is 15.3 Å². The second kappa shape index (κ2) is 7.79. The summed E-state index contributed by atoms with van der Waals surface area (Å²) in [4.78, 5) is 25.9. The molecule has 5 nitrogen and oxygen atoms in total. The first-order chi connectivity index (χ1) is 11.2. The van der Waals surface area contributed by atoms with Crippen molar-refractivity contribution in [1.29, 1.82) is 0 Å². The van der Waals surface area contributed by atoms with E-state index in [1.54, 1.807) is 4.90 Å². The highest BCUT2D eigenvalue weighted by atomic mass is 16.3. The van der Waals surface area contributed by atoms with Crippen LogP contribution in [-0.4, -0.2) is 41.0 Å². The van der Waals surface area contributed by atoms with Crippen LogP contribution in [0.1, 0.15) is 45.6 Å². The predicted molar refractivity (Wildman–Crippen MR) is 94.7 cm³/mol. The van der Waals surface area contributed by atoms with Crippen LogP contribution in [0.4, 0.5) is 5.69 Å². The number of carbonyl (C=O) groups excluding carboxylic acids is 2. The molecule has 1 saturated heterocycles. The Morgan fingerprint density at radius 1 is 1.25 bits per heavy atom. The van der Waals surface area contributed by atoms with Gasteiger partial charge in [-0.3, -0.25) is 9.59 Å². The Kier molecular flexibility index (Phi) is 5.99. The molecular formula is C19H28N2O3. The maximum Gasteiger partial charge on any atom is 0.227 e. The van der Waals surface area contributed by atoms with Crippen molar-refractivity contribution in [3.05, 3.63) is 29.8 Å². The largest absolute Gasteiger partial charge is 0.391 e. The van der Waals surface area contributed by atoms with Crippen LogP contribution >= 0.6 is 0 Å². The van der Waals surface area contributed by atoms with Crippen molar-refractivity contribution in [3.63, 3.8) is 0 Å². The number of aliphatic hydroxyl groups is 1. The van der Waals surface area contributed by atoms with Crippen LogP contribution in [0.2, 0.25) is 0 Å². The molecule has 1 heterocycles. The molecule has 2 rings (SSSR count). The second-order valence-corrected chi connectivity index (χ2v) is 7.80. The third-order valence-corrected chi connectivity index (χ3v) is 4.03. The topological polar surface area (TPSA) is 69.6 Å². The third kappa shape index (κ3) is 5.96. The van der Waals surface area contributed by atoms with E-state index in [2.05, 4.69) is 5.32 Å². The Bertz CT molecular complexity index is 575. The summed E-state index contributed by atoms with van der Waals surface area (Å²) in [7, 11) is 0. The van der Waals surface area contributed by atoms with Crippen LogP contribution in [0, 0.1) is 5.41 Å². The summed E-state index contributed by atoms with van der Waals surface area (Å²) in [6, 6.07) is 7.39. The van der Waals surface area contributed by atoms with Crippen molar-refractivity contribution >= 4 is 17.5 Å². The summed E-state index contributed by atoms with van der Waals surface area (Å²) in [6.45, 7) is 7.23. The van der Waals surface area contributed by atoms with E-state index in [1.165, 1.54) is 0 Å². The van der Waals surface area contributed by atoms with Crippen LogP contribution in [-0.2, 0) is 16.0 Å². The van der Waals surface area contributed by atoms with Gasteiger partial charge in [0.05, 0.1) is 12.5 Å². The van der Waals surface area contributed by atoms with Gasteiger partial charge in [0.15, 0.2) is 0 Å². The highest BCUT2D eigenvalue weighted by Crippen LogP contribution is 2.20. The molecule has 1 unspecified atom stereocenters. The molecule has 0 radical (unpaired) electrons. The molecule has 132 valence electrons. The molecule has 0 spiro atoms. The maximum absolute atomic E-state index is 12.3. The zero-order chi connectivity index (χ0) is 17.7. The lowest BCUT2D eigenvalue weighted by molar-refractivity contribution is -0.133. The lowest BCUT2D eigenvalue weighted by Gasteiger charge is -2.30. The minimum absolute atomic E-state index is 0.00590. The Balaban J connectivity index is 1.87. The van der Waals surface area contributed by atoms with Crippen molar-refractivity contribution in [2.45, 2.75) is 52.6 Å². The van der Waals surface area contributed by atoms with Crippen molar-refractivity contribution in [2.75, 3.05) is 18.4 Å². The lowest BCUT2D eigenvalue weighted by atomic mass is 9.92. The van der Waals surface area contributed by atoms with Gasteiger partial charge in [-0.15, -0.1) is 0 Å². The average molecular weight is 332 g/mol. The van der Waals surface area contributed by atoms with E-state index in [0.717, 1.165) is 30.6 Å². The first-order valence-corrected chi connectivity index (χ1v) is 8.57. The number of benzene rings is 1. The van der Waals surface area contributed by atoms with E-state index >= 15 is 0 Å². The normalized spacial score (nSPS) is 18.3. The smallest absolute Gasteiger partial charge is 0.227 e. The van der Waals surface area contributed by atoms with Crippen molar-refractivity contribution in [1.82, 2.24) is 4.90 Å². The summed E-state index contributed by atoms with van der Waals surface area (Å²) >= 11 is 0. The molecule has 1 aliphatic heterocycles. The number of amides is 2. The highest BCUT2D eigenvalue weighted by molar-refractivity contribution is 5.91. The first kappa shape index (κ1) is 18.5. The molecule has 0 bridgehead atoms. The molecule has 1 atom stereocenters. The standard InChI is InChI=1S/C19H28N2O3/c1-19(2,3)12-17(23)20-15-8-6-14(7-9-15)11-18(24)21-10-4-5-16(22)13-21/h6-9,16,22H,4-5,10-13H2,1-3H3,(H,20,23). The molecular weight excluding hydrogens is 304 g/mol. The zero-order valence-electron chi connectivity index (χ0n) is 14.8. The molecule has 24 heavy (non-hydrogen) atoms. The number of aliphatic hydroxyl groups excluding tert-OH is 1. The van der Waals surface area contributed by atoms with Crippen LogP contribution < -0.4 is 5.32 Å². The summed E-state index contributed by atoms with van der Waals surface area (Å²) < 4.78 is 0. The number of nitrogens with zero attached hydrogens (tertiary/aromatic N) is 1. The van der Waals surface area contributed by atoms with Gasteiger partial charge in [-0.1, -0.05) is 32.9 Å². The minimum Gasteiger partial charge on any atom is -0.391 e. The van der Waals surface area contributed by atoms with Gasteiger partial charge in [-0.2, -0.15) is 0 Å². The number of nitrogens with one attached hydrogen (secondary N) is 1. The molecule has 1 fully saturated rings. The maximum atomic E-state index is 12.3. The molecule has 0 aromatic heterocycles. The molecule has 5 heteroatoms. The molecule has 2 amide bonds. The van der Waals surface area contributed by atoms with E-state index in [4.69, 9.17) is 0 Å². The number of β-amino-alcohol motifs (C(OH)–C–C–N with tert-alkyl or cyclic N) is 1. The van der Waals surface area contributed by atoms with Crippen molar-refractivity contribution < 1.29 is 14.7 Å². The van der Waals surface area contributed by atoms with Gasteiger partial charge in [0.1, 0.15) is 0 Å². The van der Waals surface area contributed by atoms with E-state index in [9.17, 15) is 14.7 Å². The number of hydrogen-bond donors (Lipinski definition) is 2. The van der Waals surface area contributed by atoms with Crippen LogP contribution in [0.15, 0.2) is 24.3 Å². The summed E-state index contributed by atoms with van der Waals surface area (Å²) in [6.07, 6.45) is 2.01. The molecule has 1 aliphatic rings. The Morgan fingerprint density at radius 3 is 2.50 bits per heavy atom. The fourth-order valence-corrected chi connectivity index (χ4v) is 2.86. The van der Waals surface area contributed by atoms with Crippen molar-refractivity contribution in [3.8, 4) is 0 Å². The van der Waals surface area contributed by atoms with Crippen LogP contribution in [0.25, 0.3) is 0 Å². The second-order valence-electron chi connectivity index (χ2n) is 7.80. The SMILES string of the molecule is CC(C)(C)CC(=O)Nc1ccc(CC(=O)N2CCCC(O)C2)cc1. The van der Waals surface area contributed by atoms with E-state index in [0.29, 0.717) is 19.4 Å². The van der Waals surface area contributed by atoms with Gasteiger partial charge in [0, 0.05) is 25.2 Å². The third-order valence-electron chi connectivity index (χ3n) is 4.03. The molecule has 0 saturated carbocycles. The van der Waals surface area contributed by atoms with E-state index < -0.39 is 6.10 Å². The van der Waals surface area contributed by atoms with Gasteiger partial charge in [-0.05, 0) is 36.0 Å². The fourth-order valence-electron chi connectivity index (χ4n) is 2.86. The number of anilines is 1. The average Bonchev–Trinajstić information content (AvgIpc) is 2.47. The number of carbonyl (C=O) groups is 2. The van der Waals surface area contributed by atoms with E-state index in [-0.39, 0.29) is 17.2 Å². The minimum atomic E-state index is -0.400. The highest BCUT2D eigenvalue weighted by Gasteiger charge is 2.22. The van der Waals surface area contributed by atoms with E-state index in [1.807, 2.05) is 45.0 Å². The Morgan fingerprint density at radius 2 is 1.92 bits per heavy atom. The summed E-state index contributed by atoms with van der Waals surface area (Å²) in [5.41, 5.74) is 1.61. The zero-order valence-corrected chi connectivity index (χ0v) is 14.8. The number of hydrogen-bond acceptors (Lipinski definition) is 3. The Labute approximate surface area is 144 Å². The monoisotopic (exact) mass is 332 g/mol. The first-order valence-electron chi connectivity index (χ1n) is 8.57. The van der Waals surface area contributed by atoms with Crippen LogP contribution in [0.3, 0.4) is 0 Å². The van der Waals surface area contributed by atoms with Crippen molar-refractivity contribution in [2.24, 2.45) is 5.41 Å². The molecule has 1 aromatic carbocycles.